The van der Waals surface area contributed by atoms with Gasteiger partial charge in [0.05, 0.1) is 6.26 Å². The highest BCUT2D eigenvalue weighted by atomic mass is 16.3. The number of nitrogens with one attached hydrogen (secondary N) is 3. The number of furan rings is 1. The molecule has 3 rings (SSSR count). The van der Waals surface area contributed by atoms with Gasteiger partial charge in [0, 0.05) is 6.54 Å². The van der Waals surface area contributed by atoms with E-state index in [0.29, 0.717) is 18.3 Å². The van der Waals surface area contributed by atoms with Gasteiger partial charge in [-0.25, -0.2) is 4.98 Å². The van der Waals surface area contributed by atoms with Crippen LogP contribution < -0.4 is 10.3 Å². The van der Waals surface area contributed by atoms with E-state index in [1.807, 2.05) is 12.1 Å². The summed E-state index contributed by atoms with van der Waals surface area (Å²) in [6.45, 7) is 4.25. The topological polar surface area (TPSA) is 80.9 Å². The Kier molecular flexibility index (Phi) is 2.53. The van der Waals surface area contributed by atoms with Gasteiger partial charge in [-0.05, 0) is 12.1 Å². The Bertz CT molecular complexity index is 671. The number of aromatic nitrogens is 4. The SMILES string of the molecule is C=CCNc1nc(-c2ccco2)c2[nH]c[nH+]c2n1. The number of hydrogen-bond acceptors (Lipinski definition) is 4. The number of imidazole rings is 1. The van der Waals surface area contributed by atoms with E-state index in [0.717, 1.165) is 16.9 Å². The maximum absolute atomic E-state index is 5.38. The Morgan fingerprint density at radius 2 is 2.44 bits per heavy atom. The molecule has 3 heterocycles. The van der Waals surface area contributed by atoms with Crippen LogP contribution in [-0.2, 0) is 0 Å². The summed E-state index contributed by atoms with van der Waals surface area (Å²) in [6, 6.07) is 3.69. The third-order valence-corrected chi connectivity index (χ3v) is 2.49. The molecule has 0 amide bonds. The zero-order valence-electron chi connectivity index (χ0n) is 9.60. The van der Waals surface area contributed by atoms with Crippen molar-refractivity contribution in [3.05, 3.63) is 37.4 Å². The average molecular weight is 242 g/mol. The van der Waals surface area contributed by atoms with Crippen LogP contribution in [0.5, 0.6) is 0 Å². The highest BCUT2D eigenvalue weighted by Gasteiger charge is 2.18. The zero-order valence-corrected chi connectivity index (χ0v) is 9.60. The Morgan fingerprint density at radius 3 is 3.22 bits per heavy atom. The summed E-state index contributed by atoms with van der Waals surface area (Å²) in [5.41, 5.74) is 2.26. The maximum atomic E-state index is 5.38. The fourth-order valence-electron chi connectivity index (χ4n) is 1.71. The van der Waals surface area contributed by atoms with Crippen LogP contribution in [0.2, 0.25) is 0 Å². The first-order chi connectivity index (χ1) is 8.88. The van der Waals surface area contributed by atoms with Gasteiger partial charge in [0.2, 0.25) is 5.52 Å². The maximum Gasteiger partial charge on any atom is 0.305 e. The van der Waals surface area contributed by atoms with E-state index in [1.54, 1.807) is 18.7 Å². The lowest BCUT2D eigenvalue weighted by molar-refractivity contribution is -0.347. The van der Waals surface area contributed by atoms with Crippen LogP contribution in [-0.4, -0.2) is 21.5 Å². The van der Waals surface area contributed by atoms with E-state index in [1.165, 1.54) is 0 Å². The van der Waals surface area contributed by atoms with Crippen molar-refractivity contribution in [1.82, 2.24) is 15.0 Å². The average Bonchev–Trinajstić information content (AvgIpc) is 3.05. The quantitative estimate of drug-likeness (QED) is 0.681. The second kappa shape index (κ2) is 4.33. The van der Waals surface area contributed by atoms with Crippen LogP contribution in [0.1, 0.15) is 0 Å². The van der Waals surface area contributed by atoms with Gasteiger partial charge in [-0.1, -0.05) is 11.1 Å². The fraction of sp³-hybridized carbons (Fsp3) is 0.0833. The second-order valence-electron chi connectivity index (χ2n) is 3.70. The molecule has 3 N–H and O–H groups in total. The van der Waals surface area contributed by atoms with Gasteiger partial charge in [-0.15, -0.1) is 6.58 Å². The smallest absolute Gasteiger partial charge is 0.305 e. The predicted molar refractivity (Wildman–Crippen MR) is 66.8 cm³/mol. The fourth-order valence-corrected chi connectivity index (χ4v) is 1.71. The van der Waals surface area contributed by atoms with Crippen molar-refractivity contribution in [3.8, 4) is 11.5 Å². The van der Waals surface area contributed by atoms with Crippen molar-refractivity contribution in [3.63, 3.8) is 0 Å². The molecule has 0 atom stereocenters. The lowest BCUT2D eigenvalue weighted by Gasteiger charge is -1.99. The second-order valence-corrected chi connectivity index (χ2v) is 3.70. The minimum Gasteiger partial charge on any atom is -0.463 e. The van der Waals surface area contributed by atoms with Crippen LogP contribution in [0.4, 0.5) is 5.95 Å². The lowest BCUT2D eigenvalue weighted by Crippen LogP contribution is -2.07. The molecule has 6 nitrogen and oxygen atoms in total. The molecule has 0 radical (unpaired) electrons. The lowest BCUT2D eigenvalue weighted by atomic mass is 10.3. The summed E-state index contributed by atoms with van der Waals surface area (Å²) in [6.07, 6.45) is 5.08. The molecular formula is C12H12N5O+. The van der Waals surface area contributed by atoms with Crippen molar-refractivity contribution >= 4 is 17.1 Å². The van der Waals surface area contributed by atoms with Crippen molar-refractivity contribution in [2.45, 2.75) is 0 Å². The zero-order chi connectivity index (χ0) is 12.4. The molecule has 0 spiro atoms. The molecule has 0 aromatic carbocycles. The molecule has 3 aromatic heterocycles. The van der Waals surface area contributed by atoms with Crippen molar-refractivity contribution in [1.29, 1.82) is 0 Å². The van der Waals surface area contributed by atoms with Crippen LogP contribution in [0.15, 0.2) is 41.8 Å². The molecule has 3 aromatic rings. The molecule has 0 saturated carbocycles. The number of fused-ring (bicyclic) bond motifs is 1. The van der Waals surface area contributed by atoms with Gasteiger partial charge in [-0.3, -0.25) is 4.98 Å². The molecule has 0 unspecified atom stereocenters. The van der Waals surface area contributed by atoms with Gasteiger partial charge in [0.1, 0.15) is 0 Å². The molecule has 0 fully saturated rings. The highest BCUT2D eigenvalue weighted by Crippen LogP contribution is 2.24. The van der Waals surface area contributed by atoms with Crippen LogP contribution in [0, 0.1) is 0 Å². The van der Waals surface area contributed by atoms with Crippen LogP contribution in [0.25, 0.3) is 22.6 Å². The standard InChI is InChI=1S/C12H11N5O/c1-2-5-13-12-16-9(8-4-3-6-18-8)10-11(17-12)15-7-14-10/h2-4,6-7H,1,5H2,(H2,13,14,15,16,17)/p+1. The van der Waals surface area contributed by atoms with E-state index in [9.17, 15) is 0 Å². The van der Waals surface area contributed by atoms with E-state index < -0.39 is 0 Å². The molecule has 0 saturated heterocycles. The van der Waals surface area contributed by atoms with Gasteiger partial charge < -0.3 is 9.73 Å². The summed E-state index contributed by atoms with van der Waals surface area (Å²) < 4.78 is 5.38. The molecule has 0 aliphatic rings. The molecule has 0 aliphatic carbocycles. The van der Waals surface area contributed by atoms with E-state index in [4.69, 9.17) is 4.42 Å². The molecule has 0 bridgehead atoms. The van der Waals surface area contributed by atoms with Crippen molar-refractivity contribution in [2.24, 2.45) is 0 Å². The minimum atomic E-state index is 0.532. The third-order valence-electron chi connectivity index (χ3n) is 2.49. The van der Waals surface area contributed by atoms with E-state index in [-0.39, 0.29) is 0 Å². The molecule has 6 heteroatoms. The Labute approximate surface area is 103 Å². The summed E-state index contributed by atoms with van der Waals surface area (Å²) in [7, 11) is 0. The summed E-state index contributed by atoms with van der Waals surface area (Å²) in [4.78, 5) is 14.9. The van der Waals surface area contributed by atoms with E-state index in [2.05, 4.69) is 31.8 Å². The number of H-pyrrole nitrogens is 2. The summed E-state index contributed by atoms with van der Waals surface area (Å²) >= 11 is 0. The highest BCUT2D eigenvalue weighted by molar-refractivity contribution is 5.84. The first kappa shape index (κ1) is 10.5. The van der Waals surface area contributed by atoms with Crippen molar-refractivity contribution in [2.75, 3.05) is 11.9 Å². The largest absolute Gasteiger partial charge is 0.463 e. The van der Waals surface area contributed by atoms with Gasteiger partial charge >= 0.3 is 11.6 Å². The number of hydrogen-bond donors (Lipinski definition) is 2. The predicted octanol–water partition coefficient (Wildman–Crippen LogP) is 1.63. The molecular weight excluding hydrogens is 230 g/mol. The molecule has 0 aliphatic heterocycles. The Balaban J connectivity index is 2.15. The number of nitrogens with zero attached hydrogens (tertiary/aromatic N) is 2. The number of aromatic amines is 2. The molecule has 18 heavy (non-hydrogen) atoms. The van der Waals surface area contributed by atoms with Crippen LogP contribution >= 0.6 is 0 Å². The summed E-state index contributed by atoms with van der Waals surface area (Å²) in [5.74, 6) is 1.23. The Hall–Kier alpha value is -2.63. The third kappa shape index (κ3) is 1.73. The van der Waals surface area contributed by atoms with Gasteiger partial charge in [0.15, 0.2) is 17.8 Å². The minimum absolute atomic E-state index is 0.532. The van der Waals surface area contributed by atoms with Gasteiger partial charge in [-0.2, -0.15) is 4.98 Å². The Morgan fingerprint density at radius 1 is 1.50 bits per heavy atom. The molecule has 90 valence electrons. The normalized spacial score (nSPS) is 10.7. The first-order valence-electron chi connectivity index (χ1n) is 5.54. The van der Waals surface area contributed by atoms with Crippen molar-refractivity contribution < 1.29 is 9.40 Å². The van der Waals surface area contributed by atoms with E-state index >= 15 is 0 Å². The monoisotopic (exact) mass is 242 g/mol. The van der Waals surface area contributed by atoms with Gasteiger partial charge in [0.25, 0.3) is 0 Å². The number of anilines is 1. The summed E-state index contributed by atoms with van der Waals surface area (Å²) in [5, 5.41) is 3.06. The number of rotatable bonds is 4. The van der Waals surface area contributed by atoms with Crippen LogP contribution in [0.3, 0.4) is 0 Å². The first-order valence-corrected chi connectivity index (χ1v) is 5.54.